The number of hydrogen-bond acceptors (Lipinski definition) is 1. The number of fused-ring (bicyclic) bond motifs is 2. The molecule has 19 heavy (non-hydrogen) atoms. The largest absolute Gasteiger partial charge is 0.376 e. The second-order valence-electron chi connectivity index (χ2n) is 4.39. The molecule has 0 fully saturated rings. The van der Waals surface area contributed by atoms with E-state index in [9.17, 15) is 5.11 Å². The van der Waals surface area contributed by atoms with Crippen LogP contribution in [0.15, 0.2) is 48.5 Å². The lowest BCUT2D eigenvalue weighted by Gasteiger charge is -2.15. The van der Waals surface area contributed by atoms with Gasteiger partial charge in [0.25, 0.3) is 0 Å². The fraction of sp³-hybridized carbons (Fsp3) is 0.0588. The van der Waals surface area contributed by atoms with Crippen molar-refractivity contribution in [2.75, 3.05) is 0 Å². The Morgan fingerprint density at radius 1 is 0.895 bits per heavy atom. The van der Waals surface area contributed by atoms with Crippen LogP contribution < -0.4 is 0 Å². The van der Waals surface area contributed by atoms with Crippen molar-refractivity contribution in [1.29, 1.82) is 0 Å². The van der Waals surface area contributed by atoms with Gasteiger partial charge in [0, 0.05) is 16.3 Å². The van der Waals surface area contributed by atoms with Crippen molar-refractivity contribution < 1.29 is 5.11 Å². The van der Waals surface area contributed by atoms with Gasteiger partial charge in [-0.1, -0.05) is 66.1 Å². The normalized spacial score (nSPS) is 12.5. The molecular weight excluding hydrogens is 256 g/mol. The standard InChI is InChI=1S/C17H11ClO/c1-2-15(19)16-11-7-3-5-9-13(11)17(18)14-10-6-4-8-12(14)16/h1,3-10,15,19H. The third-order valence-electron chi connectivity index (χ3n) is 3.34. The Balaban J connectivity index is 2.61. The predicted molar refractivity (Wildman–Crippen MR) is 80.3 cm³/mol. The van der Waals surface area contributed by atoms with Crippen molar-refractivity contribution in [3.63, 3.8) is 0 Å². The van der Waals surface area contributed by atoms with Gasteiger partial charge in [-0.25, -0.2) is 0 Å². The van der Waals surface area contributed by atoms with E-state index in [1.165, 1.54) is 0 Å². The fourth-order valence-electron chi connectivity index (χ4n) is 2.49. The SMILES string of the molecule is C#CC(O)c1c2ccccc2c(Cl)c2ccccc12. The van der Waals surface area contributed by atoms with Gasteiger partial charge in [0.1, 0.15) is 6.10 Å². The van der Waals surface area contributed by atoms with Gasteiger partial charge in [-0.2, -0.15) is 0 Å². The topological polar surface area (TPSA) is 20.2 Å². The summed E-state index contributed by atoms with van der Waals surface area (Å²) in [5.74, 6) is 2.40. The maximum Gasteiger partial charge on any atom is 0.141 e. The van der Waals surface area contributed by atoms with Gasteiger partial charge >= 0.3 is 0 Å². The Kier molecular flexibility index (Phi) is 2.91. The molecule has 0 saturated carbocycles. The minimum atomic E-state index is -0.938. The summed E-state index contributed by atoms with van der Waals surface area (Å²) in [5.41, 5.74) is 0.748. The molecular formula is C17H11ClO. The number of hydrogen-bond donors (Lipinski definition) is 1. The molecule has 0 aromatic heterocycles. The van der Waals surface area contributed by atoms with Crippen LogP contribution in [0.1, 0.15) is 11.7 Å². The molecule has 3 rings (SSSR count). The first-order chi connectivity index (χ1) is 9.24. The molecule has 1 N–H and O–H groups in total. The molecule has 92 valence electrons. The van der Waals surface area contributed by atoms with Crippen LogP contribution in [0.2, 0.25) is 5.02 Å². The first-order valence-electron chi connectivity index (χ1n) is 5.97. The monoisotopic (exact) mass is 266 g/mol. The van der Waals surface area contributed by atoms with E-state index in [-0.39, 0.29) is 0 Å². The van der Waals surface area contributed by atoms with Crippen LogP contribution in [0.25, 0.3) is 21.5 Å². The van der Waals surface area contributed by atoms with Gasteiger partial charge in [0.15, 0.2) is 0 Å². The Labute approximate surface area is 116 Å². The minimum Gasteiger partial charge on any atom is -0.376 e. The molecule has 3 aromatic rings. The highest BCUT2D eigenvalue weighted by atomic mass is 35.5. The lowest BCUT2D eigenvalue weighted by Crippen LogP contribution is -1.97. The second-order valence-corrected chi connectivity index (χ2v) is 4.77. The fourth-order valence-corrected chi connectivity index (χ4v) is 2.82. The lowest BCUT2D eigenvalue weighted by molar-refractivity contribution is 0.241. The molecule has 0 spiro atoms. The molecule has 0 radical (unpaired) electrons. The van der Waals surface area contributed by atoms with Gasteiger partial charge < -0.3 is 5.11 Å². The first kappa shape index (κ1) is 12.0. The van der Waals surface area contributed by atoms with Gasteiger partial charge in [0.05, 0.1) is 5.02 Å². The number of terminal acetylenes is 1. The summed E-state index contributed by atoms with van der Waals surface area (Å²) in [4.78, 5) is 0. The van der Waals surface area contributed by atoms with Crippen molar-refractivity contribution in [3.05, 3.63) is 59.1 Å². The zero-order valence-electron chi connectivity index (χ0n) is 10.1. The Morgan fingerprint density at radius 3 is 1.74 bits per heavy atom. The average molecular weight is 267 g/mol. The highest BCUT2D eigenvalue weighted by molar-refractivity contribution is 6.41. The highest BCUT2D eigenvalue weighted by Crippen LogP contribution is 2.38. The number of halogens is 1. The molecule has 0 aliphatic rings. The maximum atomic E-state index is 10.1. The average Bonchev–Trinajstić information content (AvgIpc) is 2.47. The van der Waals surface area contributed by atoms with Gasteiger partial charge in [0.2, 0.25) is 0 Å². The Hall–Kier alpha value is -2.01. The first-order valence-corrected chi connectivity index (χ1v) is 6.35. The van der Waals surface area contributed by atoms with Crippen LogP contribution in [0.3, 0.4) is 0 Å². The van der Waals surface area contributed by atoms with E-state index in [0.717, 1.165) is 27.1 Å². The van der Waals surface area contributed by atoms with E-state index >= 15 is 0 Å². The van der Waals surface area contributed by atoms with Crippen molar-refractivity contribution in [3.8, 4) is 12.3 Å². The van der Waals surface area contributed by atoms with Gasteiger partial charge in [-0.05, 0) is 10.8 Å². The van der Waals surface area contributed by atoms with Crippen LogP contribution in [0, 0.1) is 12.3 Å². The quantitative estimate of drug-likeness (QED) is 0.514. The van der Waals surface area contributed by atoms with E-state index in [1.807, 2.05) is 48.5 Å². The van der Waals surface area contributed by atoms with Crippen LogP contribution in [-0.2, 0) is 0 Å². The van der Waals surface area contributed by atoms with E-state index < -0.39 is 6.10 Å². The third-order valence-corrected chi connectivity index (χ3v) is 3.75. The van der Waals surface area contributed by atoms with Gasteiger partial charge in [-0.15, -0.1) is 6.42 Å². The molecule has 1 atom stereocenters. The zero-order valence-corrected chi connectivity index (χ0v) is 10.9. The second kappa shape index (κ2) is 4.59. The molecule has 1 nitrogen and oxygen atoms in total. The van der Waals surface area contributed by atoms with Crippen molar-refractivity contribution >= 4 is 33.1 Å². The van der Waals surface area contributed by atoms with E-state index in [2.05, 4.69) is 5.92 Å². The number of benzene rings is 3. The molecule has 1 unspecified atom stereocenters. The molecule has 0 saturated heterocycles. The van der Waals surface area contributed by atoms with E-state index in [4.69, 9.17) is 18.0 Å². The number of aliphatic hydroxyl groups is 1. The van der Waals surface area contributed by atoms with Crippen LogP contribution >= 0.6 is 11.6 Å². The number of aliphatic hydroxyl groups excluding tert-OH is 1. The zero-order chi connectivity index (χ0) is 13.4. The third kappa shape index (κ3) is 1.77. The van der Waals surface area contributed by atoms with Crippen LogP contribution in [0.4, 0.5) is 0 Å². The highest BCUT2D eigenvalue weighted by Gasteiger charge is 2.16. The van der Waals surface area contributed by atoms with Crippen LogP contribution in [0.5, 0.6) is 0 Å². The van der Waals surface area contributed by atoms with Crippen molar-refractivity contribution in [1.82, 2.24) is 0 Å². The molecule has 0 aliphatic carbocycles. The Morgan fingerprint density at radius 2 is 1.32 bits per heavy atom. The summed E-state index contributed by atoms with van der Waals surface area (Å²) < 4.78 is 0. The molecule has 0 bridgehead atoms. The van der Waals surface area contributed by atoms with E-state index in [0.29, 0.717) is 5.02 Å². The summed E-state index contributed by atoms with van der Waals surface area (Å²) in [7, 11) is 0. The molecule has 0 heterocycles. The summed E-state index contributed by atoms with van der Waals surface area (Å²) >= 11 is 6.46. The molecule has 0 amide bonds. The van der Waals surface area contributed by atoms with Crippen molar-refractivity contribution in [2.24, 2.45) is 0 Å². The van der Waals surface area contributed by atoms with Gasteiger partial charge in [-0.3, -0.25) is 0 Å². The Bertz CT molecular complexity index is 757. The molecule has 0 aliphatic heterocycles. The maximum absolute atomic E-state index is 10.1. The smallest absolute Gasteiger partial charge is 0.141 e. The van der Waals surface area contributed by atoms with Crippen LogP contribution in [-0.4, -0.2) is 5.11 Å². The molecule has 3 aromatic carbocycles. The summed E-state index contributed by atoms with van der Waals surface area (Å²) in [6.45, 7) is 0. The van der Waals surface area contributed by atoms with E-state index in [1.54, 1.807) is 0 Å². The summed E-state index contributed by atoms with van der Waals surface area (Å²) in [6.07, 6.45) is 4.45. The minimum absolute atomic E-state index is 0.694. The molecule has 2 heteroatoms. The number of rotatable bonds is 1. The lowest BCUT2D eigenvalue weighted by atomic mass is 9.93. The predicted octanol–water partition coefficient (Wildman–Crippen LogP) is 4.31. The summed E-state index contributed by atoms with van der Waals surface area (Å²) in [6, 6.07) is 15.4. The summed E-state index contributed by atoms with van der Waals surface area (Å²) in [5, 5.41) is 14.4. The van der Waals surface area contributed by atoms with Crippen molar-refractivity contribution in [2.45, 2.75) is 6.10 Å².